The molecule has 0 saturated carbocycles. The zero-order chi connectivity index (χ0) is 15.6. The second-order valence-corrected chi connectivity index (χ2v) is 6.33. The number of nitrogens with zero attached hydrogens (tertiary/aromatic N) is 2. The van der Waals surface area contributed by atoms with Gasteiger partial charge in [0.1, 0.15) is 6.10 Å². The first-order valence-electron chi connectivity index (χ1n) is 7.89. The molecule has 1 aromatic rings. The Morgan fingerprint density at radius 2 is 2.18 bits per heavy atom. The molecular weight excluding hydrogens is 288 g/mol. The summed E-state index contributed by atoms with van der Waals surface area (Å²) in [5.74, 6) is 0. The van der Waals surface area contributed by atoms with E-state index in [0.29, 0.717) is 13.1 Å². The number of ether oxygens (including phenoxy) is 1. The first-order valence-corrected chi connectivity index (χ1v) is 7.89. The fraction of sp³-hybridized carbons (Fsp3) is 0.688. The van der Waals surface area contributed by atoms with Crippen LogP contribution in [0.1, 0.15) is 30.3 Å². The van der Waals surface area contributed by atoms with Crippen LogP contribution in [-0.4, -0.2) is 54.6 Å². The number of pyridine rings is 1. The Morgan fingerprint density at radius 3 is 2.86 bits per heavy atom. The lowest BCUT2D eigenvalue weighted by Gasteiger charge is -2.48. The summed E-state index contributed by atoms with van der Waals surface area (Å²) in [6.45, 7) is 4.55. The molecule has 122 valence electrons. The summed E-state index contributed by atoms with van der Waals surface area (Å²) in [6.07, 6.45) is -0.835. The molecule has 0 amide bonds. The molecule has 2 aliphatic heterocycles. The summed E-state index contributed by atoms with van der Waals surface area (Å²) in [6, 6.07) is 5.81. The maximum Gasteiger partial charge on any atom is 0.251 e. The van der Waals surface area contributed by atoms with Crippen molar-refractivity contribution in [3.63, 3.8) is 0 Å². The van der Waals surface area contributed by atoms with Crippen LogP contribution in [-0.2, 0) is 4.74 Å². The van der Waals surface area contributed by atoms with Crippen molar-refractivity contribution in [2.75, 3.05) is 32.7 Å². The molecule has 0 bridgehead atoms. The molecule has 3 heterocycles. The molecule has 1 spiro atoms. The lowest BCUT2D eigenvalue weighted by Crippen LogP contribution is -2.57. The summed E-state index contributed by atoms with van der Waals surface area (Å²) >= 11 is 0. The molecule has 3 rings (SSSR count). The van der Waals surface area contributed by atoms with E-state index in [4.69, 9.17) is 4.74 Å². The monoisotopic (exact) mass is 311 g/mol. The van der Waals surface area contributed by atoms with Crippen LogP contribution in [0.4, 0.5) is 8.78 Å². The van der Waals surface area contributed by atoms with Crippen LogP contribution in [0, 0.1) is 6.92 Å². The van der Waals surface area contributed by atoms with Crippen molar-refractivity contribution in [2.45, 2.75) is 37.9 Å². The van der Waals surface area contributed by atoms with Crippen LogP contribution >= 0.6 is 0 Å². The van der Waals surface area contributed by atoms with E-state index in [1.165, 1.54) is 0 Å². The van der Waals surface area contributed by atoms with Gasteiger partial charge in [0.25, 0.3) is 6.43 Å². The molecule has 4 nitrogen and oxygen atoms in total. The van der Waals surface area contributed by atoms with Crippen LogP contribution in [0.5, 0.6) is 0 Å². The minimum Gasteiger partial charge on any atom is -0.363 e. The van der Waals surface area contributed by atoms with Gasteiger partial charge in [-0.1, -0.05) is 6.07 Å². The van der Waals surface area contributed by atoms with Crippen LogP contribution in [0.25, 0.3) is 0 Å². The molecule has 2 fully saturated rings. The third-order valence-corrected chi connectivity index (χ3v) is 4.48. The fourth-order valence-corrected chi connectivity index (χ4v) is 3.47. The lowest BCUT2D eigenvalue weighted by molar-refractivity contribution is -0.175. The topological polar surface area (TPSA) is 37.4 Å². The third-order valence-electron chi connectivity index (χ3n) is 4.48. The summed E-state index contributed by atoms with van der Waals surface area (Å²) in [5.41, 5.74) is 1.44. The van der Waals surface area contributed by atoms with E-state index in [1.54, 1.807) is 0 Å². The first-order chi connectivity index (χ1) is 10.6. The Hall–Kier alpha value is -1.11. The van der Waals surface area contributed by atoms with E-state index < -0.39 is 6.43 Å². The van der Waals surface area contributed by atoms with Crippen molar-refractivity contribution in [1.82, 2.24) is 15.2 Å². The Morgan fingerprint density at radius 1 is 1.41 bits per heavy atom. The maximum absolute atomic E-state index is 12.9. The number of alkyl halides is 2. The first kappa shape index (κ1) is 15.8. The Labute approximate surface area is 129 Å². The molecule has 22 heavy (non-hydrogen) atoms. The van der Waals surface area contributed by atoms with Crippen molar-refractivity contribution >= 4 is 0 Å². The van der Waals surface area contributed by atoms with Gasteiger partial charge in [-0.05, 0) is 45.0 Å². The van der Waals surface area contributed by atoms with Crippen LogP contribution in [0.3, 0.4) is 0 Å². The van der Waals surface area contributed by atoms with Gasteiger partial charge in [-0.25, -0.2) is 8.78 Å². The van der Waals surface area contributed by atoms with Gasteiger partial charge in [0.15, 0.2) is 0 Å². The zero-order valence-electron chi connectivity index (χ0n) is 12.9. The van der Waals surface area contributed by atoms with Crippen LogP contribution < -0.4 is 5.32 Å². The van der Waals surface area contributed by atoms with Crippen molar-refractivity contribution in [3.8, 4) is 0 Å². The van der Waals surface area contributed by atoms with Gasteiger partial charge in [-0.3, -0.25) is 9.88 Å². The molecular formula is C16H23F2N3O. The number of morpholine rings is 1. The maximum atomic E-state index is 12.9. The highest BCUT2D eigenvalue weighted by molar-refractivity contribution is 5.14. The van der Waals surface area contributed by atoms with Gasteiger partial charge >= 0.3 is 0 Å². The number of hydrogen-bond acceptors (Lipinski definition) is 4. The second kappa shape index (κ2) is 6.56. The Bertz CT molecular complexity index is 506. The highest BCUT2D eigenvalue weighted by Gasteiger charge is 2.42. The zero-order valence-corrected chi connectivity index (χ0v) is 12.9. The molecule has 0 aromatic carbocycles. The smallest absolute Gasteiger partial charge is 0.251 e. The van der Waals surface area contributed by atoms with Gasteiger partial charge in [0.2, 0.25) is 0 Å². The molecule has 0 aliphatic carbocycles. The number of aromatic nitrogens is 1. The van der Waals surface area contributed by atoms with Crippen molar-refractivity contribution in [3.05, 3.63) is 29.6 Å². The highest BCUT2D eigenvalue weighted by Crippen LogP contribution is 2.36. The molecule has 2 aliphatic rings. The quantitative estimate of drug-likeness (QED) is 0.928. The normalized spacial score (nSPS) is 25.7. The number of piperidine rings is 1. The van der Waals surface area contributed by atoms with Gasteiger partial charge in [0.05, 0.1) is 17.8 Å². The van der Waals surface area contributed by atoms with Crippen molar-refractivity contribution < 1.29 is 13.5 Å². The van der Waals surface area contributed by atoms with E-state index in [9.17, 15) is 8.78 Å². The fourth-order valence-electron chi connectivity index (χ4n) is 3.47. The van der Waals surface area contributed by atoms with Crippen LogP contribution in [0.15, 0.2) is 18.2 Å². The average molecular weight is 311 g/mol. The SMILES string of the molecule is Cc1cccc(C2CN(CC(F)F)CC3(CCNCC3)O2)n1. The van der Waals surface area contributed by atoms with E-state index >= 15 is 0 Å². The molecule has 1 aromatic heterocycles. The average Bonchev–Trinajstić information content (AvgIpc) is 2.47. The standard InChI is InChI=1S/C16H23F2N3O/c1-12-3-2-4-13(20-12)14-9-21(10-15(17)18)11-16(22-14)5-7-19-8-6-16/h2-4,14-15,19H,5-11H2,1H3. The van der Waals surface area contributed by atoms with Gasteiger partial charge < -0.3 is 10.1 Å². The Balaban J connectivity index is 1.82. The minimum atomic E-state index is -2.32. The van der Waals surface area contributed by atoms with Gasteiger partial charge in [-0.2, -0.15) is 0 Å². The number of rotatable bonds is 3. The summed E-state index contributed by atoms with van der Waals surface area (Å²) in [4.78, 5) is 6.38. The largest absolute Gasteiger partial charge is 0.363 e. The number of nitrogens with one attached hydrogen (secondary N) is 1. The summed E-state index contributed by atoms with van der Waals surface area (Å²) in [7, 11) is 0. The highest BCUT2D eigenvalue weighted by atomic mass is 19.3. The van der Waals surface area contributed by atoms with E-state index in [-0.39, 0.29) is 18.2 Å². The molecule has 2 saturated heterocycles. The predicted octanol–water partition coefficient (Wildman–Crippen LogP) is 2.15. The molecule has 0 radical (unpaired) electrons. The summed E-state index contributed by atoms with van der Waals surface area (Å²) in [5, 5.41) is 3.31. The lowest BCUT2D eigenvalue weighted by atomic mass is 9.89. The second-order valence-electron chi connectivity index (χ2n) is 6.33. The molecule has 1 atom stereocenters. The molecule has 1 unspecified atom stereocenters. The Kier molecular flexibility index (Phi) is 4.70. The number of aryl methyl sites for hydroxylation is 1. The molecule has 1 N–H and O–H groups in total. The van der Waals surface area contributed by atoms with E-state index in [2.05, 4.69) is 10.3 Å². The van der Waals surface area contributed by atoms with E-state index in [1.807, 2.05) is 30.0 Å². The molecule has 6 heteroatoms. The van der Waals surface area contributed by atoms with E-state index in [0.717, 1.165) is 37.3 Å². The predicted molar refractivity (Wildman–Crippen MR) is 80.1 cm³/mol. The van der Waals surface area contributed by atoms with Crippen molar-refractivity contribution in [2.24, 2.45) is 0 Å². The van der Waals surface area contributed by atoms with Gasteiger partial charge in [0, 0.05) is 18.8 Å². The number of hydrogen-bond donors (Lipinski definition) is 1. The van der Waals surface area contributed by atoms with Crippen LogP contribution in [0.2, 0.25) is 0 Å². The van der Waals surface area contributed by atoms with Gasteiger partial charge in [-0.15, -0.1) is 0 Å². The third kappa shape index (κ3) is 3.62. The number of halogens is 2. The summed E-state index contributed by atoms with van der Waals surface area (Å²) < 4.78 is 32.1. The van der Waals surface area contributed by atoms with Crippen molar-refractivity contribution in [1.29, 1.82) is 0 Å². The minimum absolute atomic E-state index is 0.194.